The summed E-state index contributed by atoms with van der Waals surface area (Å²) in [7, 11) is 0. The number of hydrogen-bond donors (Lipinski definition) is 1. The Bertz CT molecular complexity index is 151. The third kappa shape index (κ3) is 5.73. The predicted octanol–water partition coefficient (Wildman–Crippen LogP) is 3.57. The molecular weight excluding hydrogens is 158 g/mol. The fourth-order valence-corrected chi connectivity index (χ4v) is 1.67. The smallest absolute Gasteiger partial charge is 0.0232 e. The normalized spacial score (nSPS) is 17.6. The number of rotatable bonds is 6. The summed E-state index contributed by atoms with van der Waals surface area (Å²) in [5, 5.41) is 3.36. The molecule has 0 aromatic rings. The van der Waals surface area contributed by atoms with Gasteiger partial charge in [0.05, 0.1) is 0 Å². The van der Waals surface area contributed by atoms with Gasteiger partial charge in [-0.25, -0.2) is 0 Å². The topological polar surface area (TPSA) is 12.0 Å². The van der Waals surface area contributed by atoms with Crippen molar-refractivity contribution in [1.82, 2.24) is 5.32 Å². The molecule has 78 valence electrons. The molecule has 3 atom stereocenters. The average Bonchev–Trinajstić information content (AvgIpc) is 2.01. The third-order valence-corrected chi connectivity index (χ3v) is 2.83. The van der Waals surface area contributed by atoms with Crippen LogP contribution < -0.4 is 5.32 Å². The first-order valence-electron chi connectivity index (χ1n) is 5.39. The Morgan fingerprint density at radius 3 is 2.15 bits per heavy atom. The Kier molecular flexibility index (Phi) is 5.85. The lowest BCUT2D eigenvalue weighted by molar-refractivity contribution is 0.323. The Hall–Kier alpha value is -0.460. The van der Waals surface area contributed by atoms with Gasteiger partial charge in [-0.2, -0.15) is 0 Å². The molecule has 0 aliphatic rings. The predicted molar refractivity (Wildman–Crippen MR) is 60.6 cm³/mol. The van der Waals surface area contributed by atoms with Gasteiger partial charge < -0.3 is 5.32 Å². The minimum Gasteiger partial charge on any atom is -0.387 e. The van der Waals surface area contributed by atoms with Crippen LogP contribution in [0.1, 0.15) is 47.5 Å². The SMILES string of the molecule is C=C(C)N[C@H](C)C[C@H](C)[C@H](C)CC. The van der Waals surface area contributed by atoms with Crippen molar-refractivity contribution in [2.75, 3.05) is 0 Å². The maximum Gasteiger partial charge on any atom is 0.0232 e. The molecular formula is C12H25N. The zero-order valence-corrected chi connectivity index (χ0v) is 9.85. The maximum atomic E-state index is 3.86. The Balaban J connectivity index is 3.76. The highest BCUT2D eigenvalue weighted by Crippen LogP contribution is 2.19. The second-order valence-electron chi connectivity index (χ2n) is 4.42. The maximum absolute atomic E-state index is 3.86. The van der Waals surface area contributed by atoms with Crippen LogP contribution in [0.15, 0.2) is 12.3 Å². The highest BCUT2D eigenvalue weighted by atomic mass is 14.9. The molecule has 0 amide bonds. The average molecular weight is 183 g/mol. The lowest BCUT2D eigenvalue weighted by atomic mass is 9.88. The quantitative estimate of drug-likeness (QED) is 0.664. The van der Waals surface area contributed by atoms with Crippen molar-refractivity contribution in [3.05, 3.63) is 12.3 Å². The first-order valence-corrected chi connectivity index (χ1v) is 5.39. The largest absolute Gasteiger partial charge is 0.387 e. The van der Waals surface area contributed by atoms with Crippen LogP contribution in [0, 0.1) is 11.8 Å². The molecule has 0 bridgehead atoms. The standard InChI is InChI=1S/C12H25N/c1-7-10(4)11(5)8-12(6)13-9(2)3/h10-13H,2,7-8H2,1,3-6H3/t10-,11+,12-/m1/s1. The second kappa shape index (κ2) is 6.06. The number of hydrogen-bond acceptors (Lipinski definition) is 1. The third-order valence-electron chi connectivity index (χ3n) is 2.83. The summed E-state index contributed by atoms with van der Waals surface area (Å²) in [6.45, 7) is 15.0. The van der Waals surface area contributed by atoms with Crippen LogP contribution in [0.5, 0.6) is 0 Å². The van der Waals surface area contributed by atoms with Crippen molar-refractivity contribution in [3.63, 3.8) is 0 Å². The van der Waals surface area contributed by atoms with E-state index in [0.717, 1.165) is 17.5 Å². The summed E-state index contributed by atoms with van der Waals surface area (Å²) >= 11 is 0. The fourth-order valence-electron chi connectivity index (χ4n) is 1.67. The van der Waals surface area contributed by atoms with Gasteiger partial charge in [0.1, 0.15) is 0 Å². The molecule has 1 nitrogen and oxygen atoms in total. The van der Waals surface area contributed by atoms with Gasteiger partial charge in [-0.1, -0.05) is 33.8 Å². The van der Waals surface area contributed by atoms with Gasteiger partial charge in [-0.15, -0.1) is 0 Å². The molecule has 0 spiro atoms. The molecule has 0 radical (unpaired) electrons. The van der Waals surface area contributed by atoms with Crippen molar-refractivity contribution in [1.29, 1.82) is 0 Å². The summed E-state index contributed by atoms with van der Waals surface area (Å²) in [5.41, 5.74) is 1.07. The molecule has 0 fully saturated rings. The van der Waals surface area contributed by atoms with Gasteiger partial charge in [0.15, 0.2) is 0 Å². The zero-order valence-electron chi connectivity index (χ0n) is 9.85. The molecule has 0 saturated carbocycles. The fraction of sp³-hybridized carbons (Fsp3) is 0.833. The van der Waals surface area contributed by atoms with Crippen molar-refractivity contribution >= 4 is 0 Å². The first-order chi connectivity index (χ1) is 5.97. The molecule has 0 aliphatic carbocycles. The minimum atomic E-state index is 0.557. The Morgan fingerprint density at radius 2 is 1.77 bits per heavy atom. The van der Waals surface area contributed by atoms with E-state index in [4.69, 9.17) is 0 Å². The van der Waals surface area contributed by atoms with Gasteiger partial charge in [-0.3, -0.25) is 0 Å². The van der Waals surface area contributed by atoms with Crippen molar-refractivity contribution in [3.8, 4) is 0 Å². The molecule has 0 unspecified atom stereocenters. The van der Waals surface area contributed by atoms with Gasteiger partial charge >= 0.3 is 0 Å². The molecule has 0 saturated heterocycles. The van der Waals surface area contributed by atoms with Crippen molar-refractivity contribution in [2.45, 2.75) is 53.5 Å². The Labute approximate surface area is 83.6 Å². The van der Waals surface area contributed by atoms with E-state index in [2.05, 4.69) is 39.6 Å². The summed E-state index contributed by atoms with van der Waals surface area (Å²) in [6, 6.07) is 0.557. The summed E-state index contributed by atoms with van der Waals surface area (Å²) < 4.78 is 0. The van der Waals surface area contributed by atoms with E-state index in [1.54, 1.807) is 0 Å². The molecule has 1 N–H and O–H groups in total. The van der Waals surface area contributed by atoms with Crippen LogP contribution in [0.4, 0.5) is 0 Å². The molecule has 0 aliphatic heterocycles. The molecule has 0 heterocycles. The van der Waals surface area contributed by atoms with E-state index in [1.165, 1.54) is 12.8 Å². The summed E-state index contributed by atoms with van der Waals surface area (Å²) in [6.07, 6.45) is 2.52. The van der Waals surface area contributed by atoms with Crippen LogP contribution >= 0.6 is 0 Å². The molecule has 13 heavy (non-hydrogen) atoms. The van der Waals surface area contributed by atoms with Crippen LogP contribution in [-0.2, 0) is 0 Å². The highest BCUT2D eigenvalue weighted by molar-refractivity contribution is 4.87. The van der Waals surface area contributed by atoms with Gasteiger partial charge in [0.2, 0.25) is 0 Å². The van der Waals surface area contributed by atoms with E-state index >= 15 is 0 Å². The van der Waals surface area contributed by atoms with E-state index in [9.17, 15) is 0 Å². The van der Waals surface area contributed by atoms with Crippen molar-refractivity contribution < 1.29 is 0 Å². The van der Waals surface area contributed by atoms with Gasteiger partial charge in [-0.05, 0) is 32.1 Å². The monoisotopic (exact) mass is 183 g/mol. The van der Waals surface area contributed by atoms with Crippen LogP contribution in [0.2, 0.25) is 0 Å². The molecule has 0 aromatic heterocycles. The van der Waals surface area contributed by atoms with E-state index < -0.39 is 0 Å². The highest BCUT2D eigenvalue weighted by Gasteiger charge is 2.13. The van der Waals surface area contributed by atoms with E-state index in [-0.39, 0.29) is 0 Å². The molecule has 0 aromatic carbocycles. The second-order valence-corrected chi connectivity index (χ2v) is 4.42. The summed E-state index contributed by atoms with van der Waals surface area (Å²) in [4.78, 5) is 0. The van der Waals surface area contributed by atoms with Crippen LogP contribution in [-0.4, -0.2) is 6.04 Å². The van der Waals surface area contributed by atoms with Gasteiger partial charge in [0.25, 0.3) is 0 Å². The molecule has 1 heteroatoms. The van der Waals surface area contributed by atoms with E-state index in [1.807, 2.05) is 6.92 Å². The van der Waals surface area contributed by atoms with Gasteiger partial charge in [0, 0.05) is 11.7 Å². The van der Waals surface area contributed by atoms with Crippen LogP contribution in [0.3, 0.4) is 0 Å². The lowest BCUT2D eigenvalue weighted by Crippen LogP contribution is -2.27. The zero-order chi connectivity index (χ0) is 10.4. The summed E-state index contributed by atoms with van der Waals surface area (Å²) in [5.74, 6) is 1.63. The number of nitrogens with one attached hydrogen (secondary N) is 1. The Morgan fingerprint density at radius 1 is 1.23 bits per heavy atom. The van der Waals surface area contributed by atoms with Crippen molar-refractivity contribution in [2.24, 2.45) is 11.8 Å². The minimum absolute atomic E-state index is 0.557. The lowest BCUT2D eigenvalue weighted by Gasteiger charge is -2.23. The number of allylic oxidation sites excluding steroid dienone is 1. The van der Waals surface area contributed by atoms with E-state index in [0.29, 0.717) is 6.04 Å². The first kappa shape index (κ1) is 12.5. The molecule has 0 rings (SSSR count). The van der Waals surface area contributed by atoms with Crippen LogP contribution in [0.25, 0.3) is 0 Å².